The van der Waals surface area contributed by atoms with E-state index in [1.54, 1.807) is 31.4 Å². The van der Waals surface area contributed by atoms with Crippen LogP contribution in [0.2, 0.25) is 0 Å². The molecule has 0 unspecified atom stereocenters. The van der Waals surface area contributed by atoms with Crippen LogP contribution in [-0.4, -0.2) is 60.5 Å². The molecule has 1 saturated carbocycles. The predicted octanol–water partition coefficient (Wildman–Crippen LogP) is 4.00. The molecule has 8 nitrogen and oxygen atoms in total. The van der Waals surface area contributed by atoms with Crippen molar-refractivity contribution in [1.82, 2.24) is 20.2 Å². The van der Waals surface area contributed by atoms with E-state index in [1.165, 1.54) is 22.4 Å². The number of nitrogens with one attached hydrogen (secondary N) is 1. The first-order valence-electron chi connectivity index (χ1n) is 12.2. The van der Waals surface area contributed by atoms with Gasteiger partial charge in [-0.25, -0.2) is 25.2 Å². The van der Waals surface area contributed by atoms with Crippen LogP contribution in [0.15, 0.2) is 24.5 Å². The molecule has 2 fully saturated rings. The number of anilines is 3. The van der Waals surface area contributed by atoms with Crippen LogP contribution in [0.3, 0.4) is 0 Å². The van der Waals surface area contributed by atoms with Gasteiger partial charge >= 0.3 is 0 Å². The maximum atomic E-state index is 15.2. The number of thiophene rings is 1. The van der Waals surface area contributed by atoms with Gasteiger partial charge in [-0.05, 0) is 37.3 Å². The summed E-state index contributed by atoms with van der Waals surface area (Å²) < 4.78 is 16.1. The van der Waals surface area contributed by atoms with E-state index in [9.17, 15) is 4.79 Å². The number of hydrazine groups is 1. The summed E-state index contributed by atoms with van der Waals surface area (Å²) in [6.07, 6.45) is 7.83. The molecule has 1 aliphatic carbocycles. The van der Waals surface area contributed by atoms with E-state index < -0.39 is 5.82 Å². The molecule has 3 aromatic heterocycles. The average Bonchev–Trinajstić information content (AvgIpc) is 3.50. The Hall–Kier alpha value is -2.82. The zero-order chi connectivity index (χ0) is 24.7. The summed E-state index contributed by atoms with van der Waals surface area (Å²) in [5.74, 6) is 6.61. The first-order chi connectivity index (χ1) is 16.8. The molecule has 0 aromatic carbocycles. The number of piperazine rings is 1. The molecule has 0 spiro atoms. The van der Waals surface area contributed by atoms with Gasteiger partial charge in [0.1, 0.15) is 5.82 Å². The summed E-state index contributed by atoms with van der Waals surface area (Å²) >= 11 is 1.47. The Morgan fingerprint density at radius 3 is 2.69 bits per heavy atom. The number of nitrogens with two attached hydrogens (primary N) is 1. The first kappa shape index (κ1) is 23.9. The molecule has 2 aliphatic rings. The number of amides is 1. The first-order valence-corrected chi connectivity index (χ1v) is 13.0. The Morgan fingerprint density at radius 1 is 1.23 bits per heavy atom. The molecular formula is C25H32FN7OS. The molecule has 1 amide bonds. The minimum atomic E-state index is -0.497. The maximum absolute atomic E-state index is 15.2. The Labute approximate surface area is 208 Å². The molecular weight excluding hydrogens is 465 g/mol. The van der Waals surface area contributed by atoms with Crippen LogP contribution < -0.4 is 21.1 Å². The number of fused-ring (bicyclic) bond motifs is 1. The van der Waals surface area contributed by atoms with E-state index in [0.29, 0.717) is 17.8 Å². The Morgan fingerprint density at radius 2 is 2.00 bits per heavy atom. The van der Waals surface area contributed by atoms with Crippen molar-refractivity contribution in [2.45, 2.75) is 44.6 Å². The number of hydrogen-bond acceptors (Lipinski definition) is 8. The molecule has 1 aliphatic heterocycles. The Kier molecular flexibility index (Phi) is 6.61. The second kappa shape index (κ2) is 9.67. The van der Waals surface area contributed by atoms with Gasteiger partial charge in [-0.2, -0.15) is 0 Å². The molecule has 3 aromatic rings. The molecule has 10 heteroatoms. The fraction of sp³-hybridized carbons (Fsp3) is 0.480. The number of pyridine rings is 2. The predicted molar refractivity (Wildman–Crippen MR) is 139 cm³/mol. The number of carbonyl (C=O) groups excluding carboxylic acids is 1. The largest absolute Gasteiger partial charge is 0.367 e. The van der Waals surface area contributed by atoms with Gasteiger partial charge in [-0.15, -0.1) is 11.3 Å². The van der Waals surface area contributed by atoms with Gasteiger partial charge in [-0.1, -0.05) is 12.8 Å². The highest BCUT2D eigenvalue weighted by Crippen LogP contribution is 2.44. The van der Waals surface area contributed by atoms with E-state index in [4.69, 9.17) is 5.84 Å². The summed E-state index contributed by atoms with van der Waals surface area (Å²) in [4.78, 5) is 26.3. The van der Waals surface area contributed by atoms with E-state index >= 15 is 4.39 Å². The maximum Gasteiger partial charge on any atom is 0.263 e. The highest BCUT2D eigenvalue weighted by Gasteiger charge is 2.29. The van der Waals surface area contributed by atoms with Gasteiger partial charge < -0.3 is 15.1 Å². The smallest absolute Gasteiger partial charge is 0.263 e. The highest BCUT2D eigenvalue weighted by atomic mass is 32.1. The summed E-state index contributed by atoms with van der Waals surface area (Å²) in [6.45, 7) is 4.54. The number of nitrogens with zero attached hydrogens (tertiary/aromatic N) is 5. The second-order valence-corrected chi connectivity index (χ2v) is 10.8. The number of rotatable bonds is 5. The highest BCUT2D eigenvalue weighted by molar-refractivity contribution is 7.21. The molecule has 1 saturated heterocycles. The van der Waals surface area contributed by atoms with E-state index in [0.717, 1.165) is 71.5 Å². The fourth-order valence-electron chi connectivity index (χ4n) is 5.17. The molecule has 35 heavy (non-hydrogen) atoms. The molecule has 0 radical (unpaired) electrons. The minimum absolute atomic E-state index is 0.00443. The lowest BCUT2D eigenvalue weighted by Gasteiger charge is -2.33. The van der Waals surface area contributed by atoms with Crippen molar-refractivity contribution in [2.75, 3.05) is 43.6 Å². The summed E-state index contributed by atoms with van der Waals surface area (Å²) in [7, 11) is 3.55. The Balaban J connectivity index is 1.50. The number of aromatic nitrogens is 2. The zero-order valence-electron chi connectivity index (χ0n) is 20.4. The number of carbonyl (C=O) groups is 1. The fourth-order valence-corrected chi connectivity index (χ4v) is 6.43. The average molecular weight is 498 g/mol. The zero-order valence-corrected chi connectivity index (χ0v) is 21.2. The van der Waals surface area contributed by atoms with Crippen molar-refractivity contribution in [3.8, 4) is 0 Å². The minimum Gasteiger partial charge on any atom is -0.367 e. The number of hydrogen-bond donors (Lipinski definition) is 2. The normalized spacial score (nSPS) is 18.9. The Bertz CT molecular complexity index is 1240. The SMILES string of the molecule is C[C@@H]1CN(c2cnc(N(N)c3cc4c(C5CCCC5)c(C(=O)N(C)C)sc4cn3)c(F)c2)CCN1. The standard InChI is InChI=1S/C25H32FN7OS/c1-15-14-32(9-8-28-15)17-10-19(26)24(30-12-17)33(27)21-11-18-20(13-29-21)35-23(25(34)31(2)3)22(18)16-6-4-5-7-16/h10-13,15-16,28H,4-9,14,27H2,1-3H3/t15-/m1/s1. The van der Waals surface area contributed by atoms with Crippen molar-refractivity contribution in [2.24, 2.45) is 5.84 Å². The molecule has 5 rings (SSSR count). The van der Waals surface area contributed by atoms with Gasteiger partial charge in [-0.3, -0.25) is 4.79 Å². The summed E-state index contributed by atoms with van der Waals surface area (Å²) in [6, 6.07) is 3.69. The molecule has 4 heterocycles. The van der Waals surface area contributed by atoms with Crippen LogP contribution in [0, 0.1) is 5.82 Å². The van der Waals surface area contributed by atoms with E-state index in [-0.39, 0.29) is 11.7 Å². The summed E-state index contributed by atoms with van der Waals surface area (Å²) in [5, 5.41) is 5.55. The van der Waals surface area contributed by atoms with Gasteiger partial charge in [0.25, 0.3) is 5.91 Å². The van der Waals surface area contributed by atoms with Gasteiger partial charge in [0.2, 0.25) is 0 Å². The van der Waals surface area contributed by atoms with Crippen LogP contribution in [0.4, 0.5) is 21.7 Å². The molecule has 186 valence electrons. The lowest BCUT2D eigenvalue weighted by atomic mass is 9.94. The van der Waals surface area contributed by atoms with Crippen LogP contribution in [0.1, 0.15) is 53.8 Å². The lowest BCUT2D eigenvalue weighted by molar-refractivity contribution is 0.0831. The third-order valence-corrected chi connectivity index (χ3v) is 8.12. The van der Waals surface area contributed by atoms with E-state index in [1.807, 2.05) is 6.07 Å². The monoisotopic (exact) mass is 497 g/mol. The third-order valence-electron chi connectivity index (χ3n) is 6.98. The van der Waals surface area contributed by atoms with Crippen LogP contribution >= 0.6 is 11.3 Å². The van der Waals surface area contributed by atoms with E-state index in [2.05, 4.69) is 27.1 Å². The van der Waals surface area contributed by atoms with Crippen molar-refractivity contribution in [1.29, 1.82) is 0 Å². The molecule has 3 N–H and O–H groups in total. The topological polar surface area (TPSA) is 90.6 Å². The van der Waals surface area contributed by atoms with Crippen LogP contribution in [-0.2, 0) is 0 Å². The van der Waals surface area contributed by atoms with Gasteiger partial charge in [0.05, 0.1) is 21.5 Å². The molecule has 0 bridgehead atoms. The van der Waals surface area contributed by atoms with Crippen LogP contribution in [0.5, 0.6) is 0 Å². The second-order valence-electron chi connectivity index (χ2n) is 9.73. The summed E-state index contributed by atoms with van der Waals surface area (Å²) in [5.41, 5.74) is 1.82. The lowest BCUT2D eigenvalue weighted by Crippen LogP contribution is -2.49. The van der Waals surface area contributed by atoms with Crippen molar-refractivity contribution >= 4 is 44.7 Å². The van der Waals surface area contributed by atoms with Crippen LogP contribution in [0.25, 0.3) is 10.1 Å². The third kappa shape index (κ3) is 4.57. The van der Waals surface area contributed by atoms with Crippen molar-refractivity contribution < 1.29 is 9.18 Å². The van der Waals surface area contributed by atoms with Crippen molar-refractivity contribution in [3.05, 3.63) is 40.8 Å². The quantitative estimate of drug-likeness (QED) is 0.407. The molecule has 1 atom stereocenters. The van der Waals surface area contributed by atoms with Gasteiger partial charge in [0.15, 0.2) is 11.6 Å². The number of halogens is 1. The van der Waals surface area contributed by atoms with Crippen molar-refractivity contribution in [3.63, 3.8) is 0 Å². The van der Waals surface area contributed by atoms with Gasteiger partial charge in [0, 0.05) is 57.4 Å².